The molecule has 1 atom stereocenters. The maximum atomic E-state index is 12.5. The lowest BCUT2D eigenvalue weighted by molar-refractivity contribution is -0.110. The Balaban J connectivity index is 1.64. The highest BCUT2D eigenvalue weighted by atomic mass is 16.6. The Morgan fingerprint density at radius 2 is 1.96 bits per heavy atom. The molecular formula is C19H20N2O3. The van der Waals surface area contributed by atoms with Crippen LogP contribution in [0.4, 0.5) is 5.69 Å². The fourth-order valence-corrected chi connectivity index (χ4v) is 2.53. The second-order valence-corrected chi connectivity index (χ2v) is 5.50. The molecular weight excluding hydrogens is 304 g/mol. The number of rotatable bonds is 6. The van der Waals surface area contributed by atoms with Gasteiger partial charge in [0.25, 0.3) is 5.91 Å². The number of para-hydroxylation sites is 1. The number of nitrogens with zero attached hydrogens (tertiary/aromatic N) is 1. The first-order valence-corrected chi connectivity index (χ1v) is 8.02. The summed E-state index contributed by atoms with van der Waals surface area (Å²) in [6, 6.07) is 17.4. The minimum Gasteiger partial charge on any atom is -0.387 e. The Bertz CT molecular complexity index is 728. The van der Waals surface area contributed by atoms with E-state index < -0.39 is 0 Å². The zero-order valence-corrected chi connectivity index (χ0v) is 13.6. The summed E-state index contributed by atoms with van der Waals surface area (Å²) in [6.45, 7) is 3.03. The molecule has 2 aromatic carbocycles. The highest BCUT2D eigenvalue weighted by molar-refractivity contribution is 6.43. The molecule has 124 valence electrons. The first kappa shape index (κ1) is 16.2. The summed E-state index contributed by atoms with van der Waals surface area (Å²) >= 11 is 0. The first-order chi connectivity index (χ1) is 11.8. The summed E-state index contributed by atoms with van der Waals surface area (Å²) in [5.41, 5.74) is 3.09. The van der Waals surface area contributed by atoms with Crippen LogP contribution in [-0.2, 0) is 21.0 Å². The van der Waals surface area contributed by atoms with Gasteiger partial charge in [-0.2, -0.15) is 0 Å². The van der Waals surface area contributed by atoms with Crippen LogP contribution in [0.15, 0.2) is 59.8 Å². The molecule has 0 bridgehead atoms. The Labute approximate surface area is 141 Å². The summed E-state index contributed by atoms with van der Waals surface area (Å²) in [5, 5.41) is 6.86. The minimum atomic E-state index is -0.239. The molecule has 0 unspecified atom stereocenters. The Kier molecular flexibility index (Phi) is 5.23. The molecule has 24 heavy (non-hydrogen) atoms. The number of hydrogen-bond donors (Lipinski definition) is 1. The van der Waals surface area contributed by atoms with Crippen molar-refractivity contribution in [1.29, 1.82) is 0 Å². The highest BCUT2D eigenvalue weighted by Gasteiger charge is 2.27. The topological polar surface area (TPSA) is 59.9 Å². The molecule has 0 radical (unpaired) electrons. The van der Waals surface area contributed by atoms with E-state index in [2.05, 4.69) is 10.5 Å². The van der Waals surface area contributed by atoms with E-state index in [9.17, 15) is 4.79 Å². The Morgan fingerprint density at radius 1 is 1.21 bits per heavy atom. The van der Waals surface area contributed by atoms with Gasteiger partial charge in [-0.15, -0.1) is 0 Å². The second kappa shape index (κ2) is 7.75. The molecule has 1 amide bonds. The van der Waals surface area contributed by atoms with Crippen molar-refractivity contribution in [2.45, 2.75) is 26.1 Å². The van der Waals surface area contributed by atoms with Gasteiger partial charge in [-0.05, 0) is 18.6 Å². The minimum absolute atomic E-state index is 0.203. The third kappa shape index (κ3) is 3.81. The van der Waals surface area contributed by atoms with Crippen molar-refractivity contribution < 1.29 is 14.4 Å². The van der Waals surface area contributed by atoms with Crippen LogP contribution in [0.5, 0.6) is 0 Å². The molecule has 5 nitrogen and oxygen atoms in total. The van der Waals surface area contributed by atoms with Gasteiger partial charge in [0.05, 0.1) is 6.61 Å². The van der Waals surface area contributed by atoms with Crippen LogP contribution in [0, 0.1) is 0 Å². The summed E-state index contributed by atoms with van der Waals surface area (Å²) in [4.78, 5) is 17.9. The SMILES string of the molecule is CCOCc1ccccc1NC(=O)C1=NO[C@H](c2ccccc2)C1. The van der Waals surface area contributed by atoms with E-state index in [1.54, 1.807) is 0 Å². The third-order valence-electron chi connectivity index (χ3n) is 3.83. The van der Waals surface area contributed by atoms with Gasteiger partial charge in [0.2, 0.25) is 0 Å². The molecule has 1 aliphatic rings. The van der Waals surface area contributed by atoms with Crippen molar-refractivity contribution in [3.05, 3.63) is 65.7 Å². The number of hydrogen-bond acceptors (Lipinski definition) is 4. The molecule has 0 saturated carbocycles. The normalized spacial score (nSPS) is 16.4. The van der Waals surface area contributed by atoms with Gasteiger partial charge in [0.1, 0.15) is 5.71 Å². The summed E-state index contributed by atoms with van der Waals surface area (Å²) < 4.78 is 5.44. The van der Waals surface area contributed by atoms with Crippen molar-refractivity contribution >= 4 is 17.3 Å². The number of ether oxygens (including phenoxy) is 1. The zero-order valence-electron chi connectivity index (χ0n) is 13.6. The van der Waals surface area contributed by atoms with Crippen molar-refractivity contribution in [3.63, 3.8) is 0 Å². The average molecular weight is 324 g/mol. The summed E-state index contributed by atoms with van der Waals surface area (Å²) in [7, 11) is 0. The molecule has 1 heterocycles. The number of anilines is 1. The van der Waals surface area contributed by atoms with Crippen LogP contribution >= 0.6 is 0 Å². The van der Waals surface area contributed by atoms with E-state index in [1.165, 1.54) is 0 Å². The summed E-state index contributed by atoms with van der Waals surface area (Å²) in [6.07, 6.45) is 0.259. The molecule has 0 aromatic heterocycles. The molecule has 0 fully saturated rings. The van der Waals surface area contributed by atoms with E-state index in [0.717, 1.165) is 16.8 Å². The molecule has 1 N–H and O–H groups in total. The monoisotopic (exact) mass is 324 g/mol. The lowest BCUT2D eigenvalue weighted by Crippen LogP contribution is -2.22. The van der Waals surface area contributed by atoms with Crippen LogP contribution in [0.2, 0.25) is 0 Å². The average Bonchev–Trinajstić information content (AvgIpc) is 3.12. The van der Waals surface area contributed by atoms with Gasteiger partial charge in [-0.25, -0.2) is 0 Å². The molecule has 2 aromatic rings. The number of carbonyl (C=O) groups excluding carboxylic acids is 1. The fraction of sp³-hybridized carbons (Fsp3) is 0.263. The number of amides is 1. The third-order valence-corrected chi connectivity index (χ3v) is 3.83. The number of carbonyl (C=O) groups is 1. The van der Waals surface area contributed by atoms with Gasteiger partial charge in [0, 0.05) is 24.3 Å². The van der Waals surface area contributed by atoms with Crippen molar-refractivity contribution in [2.24, 2.45) is 5.16 Å². The van der Waals surface area contributed by atoms with Gasteiger partial charge < -0.3 is 14.9 Å². The standard InChI is InChI=1S/C19H20N2O3/c1-2-23-13-15-10-6-7-11-16(15)20-19(22)17-12-18(24-21-17)14-8-4-3-5-9-14/h3-11,18H,2,12-13H2,1H3,(H,20,22)/t18-/m0/s1. The van der Waals surface area contributed by atoms with Crippen LogP contribution < -0.4 is 5.32 Å². The molecule has 5 heteroatoms. The molecule has 0 saturated heterocycles. The maximum absolute atomic E-state index is 12.5. The predicted molar refractivity (Wildman–Crippen MR) is 92.7 cm³/mol. The fourth-order valence-electron chi connectivity index (χ4n) is 2.53. The largest absolute Gasteiger partial charge is 0.387 e. The highest BCUT2D eigenvalue weighted by Crippen LogP contribution is 2.27. The molecule has 3 rings (SSSR count). The van der Waals surface area contributed by atoms with Gasteiger partial charge in [-0.3, -0.25) is 4.79 Å². The van der Waals surface area contributed by atoms with Gasteiger partial charge in [-0.1, -0.05) is 53.7 Å². The lowest BCUT2D eigenvalue weighted by Gasteiger charge is -2.11. The van der Waals surface area contributed by atoms with E-state index in [4.69, 9.17) is 9.57 Å². The van der Waals surface area contributed by atoms with E-state index in [0.29, 0.717) is 25.3 Å². The first-order valence-electron chi connectivity index (χ1n) is 8.02. The molecule has 0 spiro atoms. The van der Waals surface area contributed by atoms with Crippen molar-refractivity contribution in [2.75, 3.05) is 11.9 Å². The maximum Gasteiger partial charge on any atom is 0.273 e. The van der Waals surface area contributed by atoms with Crippen LogP contribution in [-0.4, -0.2) is 18.2 Å². The number of nitrogens with one attached hydrogen (secondary N) is 1. The van der Waals surface area contributed by atoms with Crippen molar-refractivity contribution in [1.82, 2.24) is 0 Å². The van der Waals surface area contributed by atoms with Crippen LogP contribution in [0.1, 0.15) is 30.6 Å². The quantitative estimate of drug-likeness (QED) is 0.882. The Hall–Kier alpha value is -2.66. The Morgan fingerprint density at radius 3 is 2.75 bits per heavy atom. The van der Waals surface area contributed by atoms with E-state index in [-0.39, 0.29) is 12.0 Å². The number of benzene rings is 2. The molecule has 0 aliphatic carbocycles. The number of oxime groups is 1. The summed E-state index contributed by atoms with van der Waals surface area (Å²) in [5.74, 6) is -0.239. The van der Waals surface area contributed by atoms with Crippen LogP contribution in [0.3, 0.4) is 0 Å². The van der Waals surface area contributed by atoms with Gasteiger partial charge >= 0.3 is 0 Å². The van der Waals surface area contributed by atoms with Gasteiger partial charge in [0.15, 0.2) is 6.10 Å². The smallest absolute Gasteiger partial charge is 0.273 e. The second-order valence-electron chi connectivity index (χ2n) is 5.50. The lowest BCUT2D eigenvalue weighted by atomic mass is 10.0. The van der Waals surface area contributed by atoms with E-state index in [1.807, 2.05) is 61.5 Å². The zero-order chi connectivity index (χ0) is 16.8. The van der Waals surface area contributed by atoms with Crippen LogP contribution in [0.25, 0.3) is 0 Å². The van der Waals surface area contributed by atoms with Crippen molar-refractivity contribution in [3.8, 4) is 0 Å². The predicted octanol–water partition coefficient (Wildman–Crippen LogP) is 3.68. The van der Waals surface area contributed by atoms with E-state index >= 15 is 0 Å². The molecule has 1 aliphatic heterocycles.